The fourth-order valence-corrected chi connectivity index (χ4v) is 1.80. The first-order chi connectivity index (χ1) is 11.1. The van der Waals surface area contributed by atoms with E-state index in [1.807, 2.05) is 12.1 Å². The van der Waals surface area contributed by atoms with Crippen LogP contribution < -0.4 is 15.6 Å². The molecule has 0 spiro atoms. The van der Waals surface area contributed by atoms with Gasteiger partial charge in [0, 0.05) is 17.2 Å². The monoisotopic (exact) mass is 314 g/mol. The van der Waals surface area contributed by atoms with E-state index < -0.39 is 17.6 Å². The van der Waals surface area contributed by atoms with Crippen molar-refractivity contribution in [2.24, 2.45) is 0 Å². The molecule has 0 heterocycles. The van der Waals surface area contributed by atoms with Crippen LogP contribution in [0.1, 0.15) is 15.9 Å². The number of ether oxygens (including phenoxy) is 1. The summed E-state index contributed by atoms with van der Waals surface area (Å²) in [4.78, 5) is 23.4. The van der Waals surface area contributed by atoms with E-state index in [4.69, 9.17) is 4.74 Å². The van der Waals surface area contributed by atoms with Crippen LogP contribution in [0.3, 0.4) is 0 Å². The molecule has 0 atom stereocenters. The summed E-state index contributed by atoms with van der Waals surface area (Å²) in [6.07, 6.45) is 2.83. The zero-order valence-electron chi connectivity index (χ0n) is 12.4. The molecular formula is C17H15FN2O3. The van der Waals surface area contributed by atoms with Crippen LogP contribution in [0, 0.1) is 5.82 Å². The predicted molar refractivity (Wildman–Crippen MR) is 84.0 cm³/mol. The van der Waals surface area contributed by atoms with E-state index in [9.17, 15) is 14.0 Å². The second kappa shape index (κ2) is 7.74. The molecule has 6 heteroatoms. The summed E-state index contributed by atoms with van der Waals surface area (Å²) in [5.41, 5.74) is 5.45. The Bertz CT molecular complexity index is 727. The standard InChI is InChI=1S/C17H15FN2O3/c1-23-15-5-3-2-4-12(15)8-11-16(21)19-20-17(22)13-6-9-14(18)10-7-13/h2-11H,1H3,(H,19,21)(H,20,22). The van der Waals surface area contributed by atoms with Crippen molar-refractivity contribution in [1.82, 2.24) is 10.9 Å². The molecule has 0 saturated heterocycles. The molecule has 0 fully saturated rings. The van der Waals surface area contributed by atoms with E-state index in [1.54, 1.807) is 18.2 Å². The number of methoxy groups -OCH3 is 1. The Morgan fingerprint density at radius 3 is 2.43 bits per heavy atom. The molecule has 2 aromatic rings. The van der Waals surface area contributed by atoms with E-state index in [1.165, 1.54) is 25.3 Å². The van der Waals surface area contributed by atoms with Gasteiger partial charge in [-0.15, -0.1) is 0 Å². The van der Waals surface area contributed by atoms with Gasteiger partial charge in [-0.05, 0) is 36.4 Å². The third-order valence-corrected chi connectivity index (χ3v) is 2.96. The highest BCUT2D eigenvalue weighted by molar-refractivity contribution is 5.98. The van der Waals surface area contributed by atoms with Crippen LogP contribution in [0.5, 0.6) is 5.75 Å². The van der Waals surface area contributed by atoms with Crippen molar-refractivity contribution in [2.45, 2.75) is 0 Å². The Hall–Kier alpha value is -3.15. The number of benzene rings is 2. The van der Waals surface area contributed by atoms with Gasteiger partial charge in [-0.2, -0.15) is 0 Å². The minimum absolute atomic E-state index is 0.236. The van der Waals surface area contributed by atoms with Gasteiger partial charge in [-0.25, -0.2) is 4.39 Å². The average Bonchev–Trinajstić information content (AvgIpc) is 2.58. The van der Waals surface area contributed by atoms with Crippen molar-refractivity contribution in [3.8, 4) is 5.75 Å². The van der Waals surface area contributed by atoms with E-state index in [0.29, 0.717) is 5.75 Å². The third-order valence-electron chi connectivity index (χ3n) is 2.96. The van der Waals surface area contributed by atoms with Crippen LogP contribution in [0.25, 0.3) is 6.08 Å². The first-order valence-electron chi connectivity index (χ1n) is 6.77. The van der Waals surface area contributed by atoms with Crippen LogP contribution in [-0.2, 0) is 4.79 Å². The molecule has 2 amide bonds. The summed E-state index contributed by atoms with van der Waals surface area (Å²) in [5.74, 6) is -0.854. The van der Waals surface area contributed by atoms with Gasteiger partial charge >= 0.3 is 0 Å². The smallest absolute Gasteiger partial charge is 0.269 e. The van der Waals surface area contributed by atoms with E-state index in [-0.39, 0.29) is 5.56 Å². The third kappa shape index (κ3) is 4.67. The van der Waals surface area contributed by atoms with E-state index in [0.717, 1.165) is 17.7 Å². The molecule has 2 aromatic carbocycles. The van der Waals surface area contributed by atoms with Crippen LogP contribution in [0.15, 0.2) is 54.6 Å². The van der Waals surface area contributed by atoms with Crippen LogP contribution in [0.2, 0.25) is 0 Å². The number of rotatable bonds is 4. The normalized spacial score (nSPS) is 10.3. The van der Waals surface area contributed by atoms with E-state index in [2.05, 4.69) is 10.9 Å². The number of halogens is 1. The number of para-hydroxylation sites is 1. The maximum Gasteiger partial charge on any atom is 0.269 e. The lowest BCUT2D eigenvalue weighted by Gasteiger charge is -2.06. The number of hydrazine groups is 1. The topological polar surface area (TPSA) is 67.4 Å². The minimum atomic E-state index is -0.538. The maximum absolute atomic E-state index is 12.8. The first kappa shape index (κ1) is 16.2. The Balaban J connectivity index is 1.91. The van der Waals surface area contributed by atoms with Crippen molar-refractivity contribution < 1.29 is 18.7 Å². The SMILES string of the molecule is COc1ccccc1C=CC(=O)NNC(=O)c1ccc(F)cc1. The molecule has 0 unspecified atom stereocenters. The van der Waals surface area contributed by atoms with Crippen molar-refractivity contribution in [3.63, 3.8) is 0 Å². The second-order valence-corrected chi connectivity index (χ2v) is 4.53. The van der Waals surface area contributed by atoms with Gasteiger partial charge in [0.05, 0.1) is 7.11 Å². The van der Waals surface area contributed by atoms with Gasteiger partial charge in [0.1, 0.15) is 11.6 Å². The minimum Gasteiger partial charge on any atom is -0.496 e. The highest BCUT2D eigenvalue weighted by Gasteiger charge is 2.06. The number of carbonyl (C=O) groups excluding carboxylic acids is 2. The predicted octanol–water partition coefficient (Wildman–Crippen LogP) is 2.31. The van der Waals surface area contributed by atoms with Crippen LogP contribution in [-0.4, -0.2) is 18.9 Å². The number of hydrogen-bond acceptors (Lipinski definition) is 3. The van der Waals surface area contributed by atoms with Gasteiger partial charge in [0.2, 0.25) is 0 Å². The molecule has 0 aliphatic rings. The fraction of sp³-hybridized carbons (Fsp3) is 0.0588. The van der Waals surface area contributed by atoms with Gasteiger partial charge in [0.15, 0.2) is 0 Å². The van der Waals surface area contributed by atoms with Crippen LogP contribution in [0.4, 0.5) is 4.39 Å². The maximum atomic E-state index is 12.8. The number of amides is 2. The quantitative estimate of drug-likeness (QED) is 0.672. The van der Waals surface area contributed by atoms with Gasteiger partial charge in [-0.1, -0.05) is 18.2 Å². The molecule has 0 saturated carbocycles. The fourth-order valence-electron chi connectivity index (χ4n) is 1.80. The zero-order valence-corrected chi connectivity index (χ0v) is 12.4. The molecule has 0 radical (unpaired) electrons. The number of nitrogens with one attached hydrogen (secondary N) is 2. The molecule has 0 aliphatic heterocycles. The molecule has 2 N–H and O–H groups in total. The van der Waals surface area contributed by atoms with Crippen molar-refractivity contribution in [1.29, 1.82) is 0 Å². The lowest BCUT2D eigenvalue weighted by molar-refractivity contribution is -0.117. The molecule has 118 valence electrons. The van der Waals surface area contributed by atoms with Crippen molar-refractivity contribution in [2.75, 3.05) is 7.11 Å². The molecule has 23 heavy (non-hydrogen) atoms. The lowest BCUT2D eigenvalue weighted by Crippen LogP contribution is -2.40. The van der Waals surface area contributed by atoms with Gasteiger partial charge < -0.3 is 4.74 Å². The highest BCUT2D eigenvalue weighted by Crippen LogP contribution is 2.18. The molecule has 0 aliphatic carbocycles. The first-order valence-corrected chi connectivity index (χ1v) is 6.77. The lowest BCUT2D eigenvalue weighted by atomic mass is 10.2. The number of carbonyl (C=O) groups is 2. The summed E-state index contributed by atoms with van der Waals surface area (Å²) >= 11 is 0. The summed E-state index contributed by atoms with van der Waals surface area (Å²) in [5, 5.41) is 0. The Kier molecular flexibility index (Phi) is 5.46. The molecule has 0 bridgehead atoms. The second-order valence-electron chi connectivity index (χ2n) is 4.53. The van der Waals surface area contributed by atoms with Crippen molar-refractivity contribution in [3.05, 3.63) is 71.6 Å². The largest absolute Gasteiger partial charge is 0.496 e. The Morgan fingerprint density at radius 2 is 1.74 bits per heavy atom. The van der Waals surface area contributed by atoms with Crippen molar-refractivity contribution >= 4 is 17.9 Å². The van der Waals surface area contributed by atoms with Gasteiger partial charge in [-0.3, -0.25) is 20.4 Å². The zero-order chi connectivity index (χ0) is 16.7. The molecule has 0 aromatic heterocycles. The number of hydrogen-bond donors (Lipinski definition) is 2. The van der Waals surface area contributed by atoms with Crippen LogP contribution >= 0.6 is 0 Å². The molecule has 2 rings (SSSR count). The summed E-state index contributed by atoms with van der Waals surface area (Å²) in [6.45, 7) is 0. The van der Waals surface area contributed by atoms with Gasteiger partial charge in [0.25, 0.3) is 11.8 Å². The summed E-state index contributed by atoms with van der Waals surface area (Å²) in [6, 6.07) is 12.2. The molecule has 5 nitrogen and oxygen atoms in total. The summed E-state index contributed by atoms with van der Waals surface area (Å²) < 4.78 is 17.9. The molecular weight excluding hydrogens is 299 g/mol. The summed E-state index contributed by atoms with van der Waals surface area (Å²) in [7, 11) is 1.54. The Labute approximate surface area is 132 Å². The average molecular weight is 314 g/mol. The van der Waals surface area contributed by atoms with E-state index >= 15 is 0 Å². The Morgan fingerprint density at radius 1 is 1.04 bits per heavy atom. The highest BCUT2D eigenvalue weighted by atomic mass is 19.1.